The Morgan fingerprint density at radius 2 is 1.88 bits per heavy atom. The fraction of sp³-hybridized carbons (Fsp3) is 0.889. The maximum atomic E-state index is 11.4. The van der Waals surface area contributed by atoms with Gasteiger partial charge in [-0.15, -0.1) is 0 Å². The van der Waals surface area contributed by atoms with Crippen molar-refractivity contribution in [2.45, 2.75) is 64.6 Å². The molecule has 1 aliphatic rings. The van der Waals surface area contributed by atoms with Gasteiger partial charge >= 0.3 is 12.1 Å². The molecular formula is C18H33NO6. The Labute approximate surface area is 150 Å². The van der Waals surface area contributed by atoms with Crippen molar-refractivity contribution in [3.8, 4) is 0 Å². The van der Waals surface area contributed by atoms with E-state index in [2.05, 4.69) is 5.32 Å². The van der Waals surface area contributed by atoms with E-state index in [0.717, 1.165) is 25.7 Å². The van der Waals surface area contributed by atoms with Gasteiger partial charge in [-0.1, -0.05) is 6.42 Å². The van der Waals surface area contributed by atoms with Gasteiger partial charge in [0.15, 0.2) is 0 Å². The van der Waals surface area contributed by atoms with E-state index in [1.807, 2.05) is 20.8 Å². The minimum absolute atomic E-state index is 0.147. The standard InChI is InChI=1S/C18H33NO6/c1-18(2,3)25-17(21)19-8-9-23-10-11-24-15-7-5-6-14(12-15)13-16(20)22-4/h14-15H,5-13H2,1-4H3,(H,19,21). The first-order valence-electron chi connectivity index (χ1n) is 9.03. The molecule has 1 amide bonds. The second-order valence-electron chi connectivity index (χ2n) is 7.35. The van der Waals surface area contributed by atoms with Crippen molar-refractivity contribution in [3.05, 3.63) is 0 Å². The Bertz CT molecular complexity index is 407. The first kappa shape index (κ1) is 21.7. The van der Waals surface area contributed by atoms with Gasteiger partial charge in [-0.25, -0.2) is 4.79 Å². The molecule has 1 saturated carbocycles. The number of methoxy groups -OCH3 is 1. The molecule has 1 rings (SSSR count). The second-order valence-corrected chi connectivity index (χ2v) is 7.35. The van der Waals surface area contributed by atoms with Gasteiger partial charge < -0.3 is 24.3 Å². The molecule has 0 aromatic rings. The number of esters is 1. The smallest absolute Gasteiger partial charge is 0.407 e. The number of rotatable bonds is 9. The summed E-state index contributed by atoms with van der Waals surface area (Å²) in [6, 6.07) is 0. The number of hydrogen-bond acceptors (Lipinski definition) is 6. The average molecular weight is 359 g/mol. The Kier molecular flexibility index (Phi) is 9.82. The van der Waals surface area contributed by atoms with Crippen LogP contribution in [0.25, 0.3) is 0 Å². The van der Waals surface area contributed by atoms with E-state index in [0.29, 0.717) is 38.7 Å². The summed E-state index contributed by atoms with van der Waals surface area (Å²) in [5.41, 5.74) is -0.496. The normalized spacial score (nSPS) is 20.8. The fourth-order valence-corrected chi connectivity index (χ4v) is 2.81. The van der Waals surface area contributed by atoms with Crippen LogP contribution < -0.4 is 5.32 Å². The molecule has 0 heterocycles. The minimum atomic E-state index is -0.496. The fourth-order valence-electron chi connectivity index (χ4n) is 2.81. The van der Waals surface area contributed by atoms with Gasteiger partial charge in [0, 0.05) is 13.0 Å². The SMILES string of the molecule is COC(=O)CC1CCCC(OCCOCCNC(=O)OC(C)(C)C)C1. The molecule has 0 saturated heterocycles. The van der Waals surface area contributed by atoms with Gasteiger partial charge in [0.1, 0.15) is 5.60 Å². The summed E-state index contributed by atoms with van der Waals surface area (Å²) in [5, 5.41) is 2.64. The quantitative estimate of drug-likeness (QED) is 0.503. The first-order valence-corrected chi connectivity index (χ1v) is 9.03. The topological polar surface area (TPSA) is 83.1 Å². The second kappa shape index (κ2) is 11.3. The Balaban J connectivity index is 2.02. The number of hydrogen-bond donors (Lipinski definition) is 1. The van der Waals surface area contributed by atoms with Crippen LogP contribution >= 0.6 is 0 Å². The summed E-state index contributed by atoms with van der Waals surface area (Å²) >= 11 is 0. The molecule has 0 spiro atoms. The van der Waals surface area contributed by atoms with Gasteiger partial charge in [0.25, 0.3) is 0 Å². The Hall–Kier alpha value is -1.34. The van der Waals surface area contributed by atoms with Gasteiger partial charge in [0.2, 0.25) is 0 Å². The van der Waals surface area contributed by atoms with Crippen LogP contribution in [-0.4, -0.2) is 57.2 Å². The monoisotopic (exact) mass is 359 g/mol. The number of nitrogens with one attached hydrogen (secondary N) is 1. The molecule has 1 aliphatic carbocycles. The van der Waals surface area contributed by atoms with Gasteiger partial charge in [0.05, 0.1) is 33.0 Å². The van der Waals surface area contributed by atoms with Crippen LogP contribution in [0.5, 0.6) is 0 Å². The predicted octanol–water partition coefficient (Wildman–Crippen LogP) is 2.67. The lowest BCUT2D eigenvalue weighted by atomic mass is 9.85. The summed E-state index contributed by atoms with van der Waals surface area (Å²) in [7, 11) is 1.42. The van der Waals surface area contributed by atoms with Crippen LogP contribution in [0.2, 0.25) is 0 Å². The molecule has 1 N–H and O–H groups in total. The molecule has 1 fully saturated rings. The predicted molar refractivity (Wildman–Crippen MR) is 93.4 cm³/mol. The van der Waals surface area contributed by atoms with Crippen LogP contribution in [0.3, 0.4) is 0 Å². The van der Waals surface area contributed by atoms with Crippen LogP contribution in [0.1, 0.15) is 52.9 Å². The lowest BCUT2D eigenvalue weighted by Gasteiger charge is -2.28. The highest BCUT2D eigenvalue weighted by Crippen LogP contribution is 2.28. The molecule has 25 heavy (non-hydrogen) atoms. The zero-order valence-corrected chi connectivity index (χ0v) is 16.0. The largest absolute Gasteiger partial charge is 0.469 e. The summed E-state index contributed by atoms with van der Waals surface area (Å²) in [6.07, 6.45) is 4.28. The minimum Gasteiger partial charge on any atom is -0.469 e. The molecule has 0 aromatic carbocycles. The highest BCUT2D eigenvalue weighted by Gasteiger charge is 2.24. The molecule has 0 radical (unpaired) electrons. The maximum absolute atomic E-state index is 11.4. The van der Waals surface area contributed by atoms with Crippen molar-refractivity contribution >= 4 is 12.1 Å². The van der Waals surface area contributed by atoms with Crippen molar-refractivity contribution in [1.29, 1.82) is 0 Å². The van der Waals surface area contributed by atoms with E-state index in [-0.39, 0.29) is 12.1 Å². The van der Waals surface area contributed by atoms with Crippen molar-refractivity contribution in [1.82, 2.24) is 5.32 Å². The van der Waals surface area contributed by atoms with Crippen LogP contribution in [0.4, 0.5) is 4.79 Å². The molecule has 7 heteroatoms. The molecule has 7 nitrogen and oxygen atoms in total. The summed E-state index contributed by atoms with van der Waals surface area (Å²) in [6.45, 7) is 7.28. The molecule has 2 unspecified atom stereocenters. The summed E-state index contributed by atoms with van der Waals surface area (Å²) in [5.74, 6) is 0.205. The number of alkyl carbamates (subject to hydrolysis) is 1. The van der Waals surface area contributed by atoms with Crippen molar-refractivity contribution < 1.29 is 28.5 Å². The van der Waals surface area contributed by atoms with E-state index >= 15 is 0 Å². The Morgan fingerprint density at radius 1 is 1.12 bits per heavy atom. The van der Waals surface area contributed by atoms with Crippen molar-refractivity contribution in [2.75, 3.05) is 33.5 Å². The van der Waals surface area contributed by atoms with E-state index < -0.39 is 11.7 Å². The zero-order chi connectivity index (χ0) is 18.7. The van der Waals surface area contributed by atoms with E-state index in [1.54, 1.807) is 0 Å². The molecule has 146 valence electrons. The highest BCUT2D eigenvalue weighted by atomic mass is 16.6. The summed E-state index contributed by atoms with van der Waals surface area (Å²) in [4.78, 5) is 22.8. The van der Waals surface area contributed by atoms with Crippen molar-refractivity contribution in [2.24, 2.45) is 5.92 Å². The van der Waals surface area contributed by atoms with Gasteiger partial charge in [-0.2, -0.15) is 0 Å². The third-order valence-corrected chi connectivity index (χ3v) is 3.91. The average Bonchev–Trinajstić information content (AvgIpc) is 2.52. The Morgan fingerprint density at radius 3 is 2.56 bits per heavy atom. The lowest BCUT2D eigenvalue weighted by molar-refractivity contribution is -0.142. The number of ether oxygens (including phenoxy) is 4. The number of carbonyl (C=O) groups is 2. The third kappa shape index (κ3) is 11.0. The van der Waals surface area contributed by atoms with Crippen LogP contribution in [0.15, 0.2) is 0 Å². The van der Waals surface area contributed by atoms with E-state index in [1.165, 1.54) is 7.11 Å². The van der Waals surface area contributed by atoms with Gasteiger partial charge in [-0.05, 0) is 46.0 Å². The molecule has 0 aromatic heterocycles. The van der Waals surface area contributed by atoms with Crippen LogP contribution in [0, 0.1) is 5.92 Å². The van der Waals surface area contributed by atoms with Crippen LogP contribution in [-0.2, 0) is 23.7 Å². The lowest BCUT2D eigenvalue weighted by Crippen LogP contribution is -2.34. The molecule has 0 aliphatic heterocycles. The summed E-state index contributed by atoms with van der Waals surface area (Å²) < 4.78 is 21.1. The van der Waals surface area contributed by atoms with Gasteiger partial charge in [-0.3, -0.25) is 4.79 Å². The number of carbonyl (C=O) groups excluding carboxylic acids is 2. The molecule has 2 atom stereocenters. The third-order valence-electron chi connectivity index (χ3n) is 3.91. The first-order chi connectivity index (χ1) is 11.8. The highest BCUT2D eigenvalue weighted by molar-refractivity contribution is 5.69. The molecular weight excluding hydrogens is 326 g/mol. The maximum Gasteiger partial charge on any atom is 0.407 e. The van der Waals surface area contributed by atoms with E-state index in [4.69, 9.17) is 18.9 Å². The molecule has 0 bridgehead atoms. The zero-order valence-electron chi connectivity index (χ0n) is 16.0. The van der Waals surface area contributed by atoms with E-state index in [9.17, 15) is 9.59 Å². The van der Waals surface area contributed by atoms with Crippen molar-refractivity contribution in [3.63, 3.8) is 0 Å². The number of amides is 1.